The standard InChI is InChI=1S/C47H51N5O8/c1-30(50-45(55)31(2)48-3)26-52(44(54)19-12-24-49-47(57)60-28-40-37-15-8-6-13-35(37)36-14-7-9-16-38(36)40)42-18-11-10-17-41(42)51(29-53)27-39-34-22-20-33(46(56)59-5)25-32(34)21-23-43(39)58-4/h6-11,13-18,20-23,25,29-31,40,48H,12,19,24,26-28H2,1-5H3,(H,49,57)(H,50,55)/t30?,31-/m0/s1. The SMILES string of the molecule is CN[C@@H](C)C(=O)NC(C)CN(C(=O)CCCNC(=O)OCC1c2ccccc2-c2ccccc21)c1ccccc1N(C=O)Cc1c(OC)ccc2cc(C(=O)OC)ccc12. The van der Waals surface area contributed by atoms with E-state index in [9.17, 15) is 24.0 Å². The van der Waals surface area contributed by atoms with E-state index in [0.717, 1.165) is 33.0 Å². The Balaban J connectivity index is 1.18. The summed E-state index contributed by atoms with van der Waals surface area (Å²) in [4.78, 5) is 68.3. The molecule has 5 aromatic rings. The van der Waals surface area contributed by atoms with Gasteiger partial charge in [0.25, 0.3) is 0 Å². The van der Waals surface area contributed by atoms with Crippen LogP contribution in [0.1, 0.15) is 59.7 Å². The number of likely N-dealkylation sites (N-methyl/N-ethyl adjacent to an activating group) is 1. The first kappa shape index (κ1) is 42.9. The zero-order chi connectivity index (χ0) is 42.8. The number of ether oxygens (including phenoxy) is 3. The zero-order valence-electron chi connectivity index (χ0n) is 34.5. The fraction of sp³-hybridized carbons (Fsp3) is 0.298. The first-order valence-corrected chi connectivity index (χ1v) is 19.9. The van der Waals surface area contributed by atoms with Crippen LogP contribution in [-0.4, -0.2) is 83.3 Å². The van der Waals surface area contributed by atoms with Crippen LogP contribution in [0.2, 0.25) is 0 Å². The maximum absolute atomic E-state index is 14.2. The van der Waals surface area contributed by atoms with Crippen molar-refractivity contribution in [3.05, 3.63) is 125 Å². The smallest absolute Gasteiger partial charge is 0.407 e. The quantitative estimate of drug-likeness (QED) is 0.0507. The van der Waals surface area contributed by atoms with Crippen molar-refractivity contribution < 1.29 is 38.2 Å². The van der Waals surface area contributed by atoms with Crippen molar-refractivity contribution in [3.8, 4) is 16.9 Å². The number of benzene rings is 5. The fourth-order valence-corrected chi connectivity index (χ4v) is 7.63. The highest BCUT2D eigenvalue weighted by Crippen LogP contribution is 2.44. The number of carbonyl (C=O) groups is 5. The summed E-state index contributed by atoms with van der Waals surface area (Å²) in [5, 5.41) is 10.2. The van der Waals surface area contributed by atoms with Gasteiger partial charge in [0, 0.05) is 37.0 Å². The second-order valence-electron chi connectivity index (χ2n) is 14.7. The normalized spacial score (nSPS) is 12.7. The lowest BCUT2D eigenvalue weighted by Crippen LogP contribution is -2.49. The van der Waals surface area contributed by atoms with Crippen molar-refractivity contribution in [1.29, 1.82) is 0 Å². The number of carbonyl (C=O) groups excluding carboxylic acids is 5. The first-order valence-electron chi connectivity index (χ1n) is 19.9. The Morgan fingerprint density at radius 3 is 2.15 bits per heavy atom. The molecule has 1 aliphatic rings. The number of nitrogens with one attached hydrogen (secondary N) is 3. The van der Waals surface area contributed by atoms with E-state index in [2.05, 4.69) is 40.2 Å². The summed E-state index contributed by atoms with van der Waals surface area (Å²) in [6.07, 6.45) is 0.471. The molecule has 3 N–H and O–H groups in total. The molecule has 0 spiro atoms. The van der Waals surface area contributed by atoms with Gasteiger partial charge in [-0.15, -0.1) is 0 Å². The van der Waals surface area contributed by atoms with Crippen molar-refractivity contribution in [3.63, 3.8) is 0 Å². The molecule has 1 unspecified atom stereocenters. The van der Waals surface area contributed by atoms with Gasteiger partial charge in [0.2, 0.25) is 18.2 Å². The summed E-state index contributed by atoms with van der Waals surface area (Å²) in [5.41, 5.74) is 6.47. The second kappa shape index (κ2) is 19.8. The molecule has 13 heteroatoms. The van der Waals surface area contributed by atoms with Gasteiger partial charge in [0.1, 0.15) is 12.4 Å². The predicted molar refractivity (Wildman–Crippen MR) is 231 cm³/mol. The molecule has 0 saturated heterocycles. The van der Waals surface area contributed by atoms with Crippen LogP contribution in [-0.2, 0) is 30.4 Å². The Labute approximate surface area is 350 Å². The molecule has 6 rings (SSSR count). The summed E-state index contributed by atoms with van der Waals surface area (Å²) < 4.78 is 16.3. The Morgan fingerprint density at radius 1 is 0.833 bits per heavy atom. The average Bonchev–Trinajstić information content (AvgIpc) is 3.60. The van der Waals surface area contributed by atoms with Gasteiger partial charge < -0.3 is 40.0 Å². The molecular weight excluding hydrogens is 763 g/mol. The van der Waals surface area contributed by atoms with E-state index in [1.165, 1.54) is 12.0 Å². The third kappa shape index (κ3) is 9.58. The number of esters is 1. The van der Waals surface area contributed by atoms with Crippen molar-refractivity contribution in [1.82, 2.24) is 16.0 Å². The van der Waals surface area contributed by atoms with Crippen LogP contribution >= 0.6 is 0 Å². The fourth-order valence-electron chi connectivity index (χ4n) is 7.63. The number of anilines is 2. The number of methoxy groups -OCH3 is 2. The molecule has 60 heavy (non-hydrogen) atoms. The third-order valence-corrected chi connectivity index (χ3v) is 10.8. The molecule has 0 heterocycles. The van der Waals surface area contributed by atoms with Crippen LogP contribution in [0.4, 0.5) is 16.2 Å². The summed E-state index contributed by atoms with van der Waals surface area (Å²) in [7, 11) is 4.55. The predicted octanol–water partition coefficient (Wildman–Crippen LogP) is 6.56. The van der Waals surface area contributed by atoms with Crippen LogP contribution < -0.4 is 30.5 Å². The zero-order valence-corrected chi connectivity index (χ0v) is 34.5. The Hall–Kier alpha value is -6.73. The van der Waals surface area contributed by atoms with Gasteiger partial charge in [-0.25, -0.2) is 9.59 Å². The molecule has 5 aromatic carbocycles. The van der Waals surface area contributed by atoms with Gasteiger partial charge in [-0.1, -0.05) is 72.8 Å². The number of hydrogen-bond acceptors (Lipinski definition) is 9. The molecule has 2 atom stereocenters. The minimum Gasteiger partial charge on any atom is -0.496 e. The topological polar surface area (TPSA) is 156 Å². The van der Waals surface area contributed by atoms with Crippen LogP contribution in [0.25, 0.3) is 21.9 Å². The number of hydrogen-bond donors (Lipinski definition) is 3. The number of rotatable bonds is 18. The van der Waals surface area contributed by atoms with E-state index in [4.69, 9.17) is 14.2 Å². The molecule has 0 aliphatic heterocycles. The van der Waals surface area contributed by atoms with Crippen molar-refractivity contribution in [2.45, 2.75) is 51.2 Å². The largest absolute Gasteiger partial charge is 0.496 e. The summed E-state index contributed by atoms with van der Waals surface area (Å²) >= 11 is 0. The minimum absolute atomic E-state index is 0.0480. The number of para-hydroxylation sites is 2. The number of amides is 4. The Bertz CT molecular complexity index is 2320. The molecule has 0 radical (unpaired) electrons. The van der Waals surface area contributed by atoms with Crippen LogP contribution in [0.15, 0.2) is 103 Å². The van der Waals surface area contributed by atoms with Crippen LogP contribution in [0, 0.1) is 0 Å². The van der Waals surface area contributed by atoms with Crippen molar-refractivity contribution in [2.24, 2.45) is 0 Å². The molecule has 0 bridgehead atoms. The van der Waals surface area contributed by atoms with Gasteiger partial charge >= 0.3 is 12.1 Å². The number of fused-ring (bicyclic) bond motifs is 4. The van der Waals surface area contributed by atoms with E-state index >= 15 is 0 Å². The second-order valence-corrected chi connectivity index (χ2v) is 14.7. The van der Waals surface area contributed by atoms with Gasteiger partial charge in [-0.3, -0.25) is 14.4 Å². The number of alkyl carbamates (subject to hydrolysis) is 1. The highest BCUT2D eigenvalue weighted by molar-refractivity contribution is 6.00. The molecule has 1 aliphatic carbocycles. The summed E-state index contributed by atoms with van der Waals surface area (Å²) in [5.74, 6) is -0.524. The maximum Gasteiger partial charge on any atom is 0.407 e. The lowest BCUT2D eigenvalue weighted by atomic mass is 9.98. The third-order valence-electron chi connectivity index (χ3n) is 10.8. The van der Waals surface area contributed by atoms with E-state index in [-0.39, 0.29) is 50.4 Å². The minimum atomic E-state index is -0.575. The summed E-state index contributed by atoms with van der Waals surface area (Å²) in [6, 6.07) is 31.1. The van der Waals surface area contributed by atoms with Gasteiger partial charge in [-0.05, 0) is 90.7 Å². The number of nitrogens with zero attached hydrogens (tertiary/aromatic N) is 2. The Morgan fingerprint density at radius 2 is 1.50 bits per heavy atom. The average molecular weight is 814 g/mol. The van der Waals surface area contributed by atoms with Crippen molar-refractivity contribution in [2.75, 3.05) is 50.8 Å². The van der Waals surface area contributed by atoms with Gasteiger partial charge in [0.05, 0.1) is 43.7 Å². The highest BCUT2D eigenvalue weighted by Gasteiger charge is 2.29. The van der Waals surface area contributed by atoms with E-state index in [1.807, 2.05) is 37.3 Å². The van der Waals surface area contributed by atoms with Crippen LogP contribution in [0.5, 0.6) is 5.75 Å². The highest BCUT2D eigenvalue weighted by atomic mass is 16.5. The van der Waals surface area contributed by atoms with Crippen molar-refractivity contribution >= 4 is 52.4 Å². The molecule has 0 aromatic heterocycles. The van der Waals surface area contributed by atoms with Gasteiger partial charge in [-0.2, -0.15) is 0 Å². The maximum atomic E-state index is 14.2. The molecular formula is C47H51N5O8. The van der Waals surface area contributed by atoms with E-state index in [0.29, 0.717) is 41.1 Å². The molecule has 0 fully saturated rings. The van der Waals surface area contributed by atoms with E-state index < -0.39 is 24.1 Å². The van der Waals surface area contributed by atoms with Crippen LogP contribution in [0.3, 0.4) is 0 Å². The molecule has 0 saturated carbocycles. The first-order chi connectivity index (χ1) is 29.1. The lowest BCUT2D eigenvalue weighted by molar-refractivity contribution is -0.123. The Kier molecular flexibility index (Phi) is 14.2. The van der Waals surface area contributed by atoms with E-state index in [1.54, 1.807) is 74.5 Å². The molecule has 4 amide bonds. The molecule has 13 nitrogen and oxygen atoms in total. The summed E-state index contributed by atoms with van der Waals surface area (Å²) in [6.45, 7) is 4.07. The monoisotopic (exact) mass is 813 g/mol. The lowest BCUT2D eigenvalue weighted by Gasteiger charge is -2.31. The molecule has 312 valence electrons. The van der Waals surface area contributed by atoms with Gasteiger partial charge in [0.15, 0.2) is 0 Å².